The SMILES string of the molecule is Cc1cc(-c2cn3ccccc3n2)ccc1OCc1ccc(Cl)c(Cl)c1. The van der Waals surface area contributed by atoms with Crippen LogP contribution in [0.3, 0.4) is 0 Å². The van der Waals surface area contributed by atoms with Gasteiger partial charge in [0, 0.05) is 18.0 Å². The molecule has 2 aromatic carbocycles. The Bertz CT molecular complexity index is 1060. The van der Waals surface area contributed by atoms with Gasteiger partial charge in [0.05, 0.1) is 15.7 Å². The normalized spacial score (nSPS) is 11.0. The molecule has 0 unspecified atom stereocenters. The molecule has 5 heteroatoms. The molecule has 4 aromatic rings. The van der Waals surface area contributed by atoms with E-state index in [9.17, 15) is 0 Å². The second-order valence-corrected chi connectivity index (χ2v) is 6.92. The number of hydrogen-bond donors (Lipinski definition) is 0. The van der Waals surface area contributed by atoms with Crippen LogP contribution in [0.2, 0.25) is 10.0 Å². The molecule has 26 heavy (non-hydrogen) atoms. The van der Waals surface area contributed by atoms with Gasteiger partial charge in [-0.05, 0) is 60.5 Å². The van der Waals surface area contributed by atoms with Gasteiger partial charge in [0.15, 0.2) is 0 Å². The van der Waals surface area contributed by atoms with Crippen LogP contribution in [0, 0.1) is 6.92 Å². The van der Waals surface area contributed by atoms with Crippen LogP contribution in [0.15, 0.2) is 67.0 Å². The first-order valence-electron chi connectivity index (χ1n) is 8.21. The van der Waals surface area contributed by atoms with Crippen molar-refractivity contribution in [1.82, 2.24) is 9.38 Å². The molecule has 130 valence electrons. The molecule has 4 rings (SSSR count). The second-order valence-electron chi connectivity index (χ2n) is 6.11. The summed E-state index contributed by atoms with van der Waals surface area (Å²) in [5.74, 6) is 0.837. The highest BCUT2D eigenvalue weighted by atomic mass is 35.5. The number of rotatable bonds is 4. The number of fused-ring (bicyclic) bond motifs is 1. The van der Waals surface area contributed by atoms with Gasteiger partial charge in [0.1, 0.15) is 18.0 Å². The van der Waals surface area contributed by atoms with Crippen LogP contribution in [0.1, 0.15) is 11.1 Å². The predicted octanol–water partition coefficient (Wildman–Crippen LogP) is 6.20. The molecule has 3 nitrogen and oxygen atoms in total. The number of hydrogen-bond acceptors (Lipinski definition) is 2. The molecule has 0 atom stereocenters. The highest BCUT2D eigenvalue weighted by Gasteiger charge is 2.08. The summed E-state index contributed by atoms with van der Waals surface area (Å²) in [4.78, 5) is 4.66. The number of benzene rings is 2. The van der Waals surface area contributed by atoms with E-state index in [0.717, 1.165) is 33.8 Å². The van der Waals surface area contributed by atoms with Crippen molar-refractivity contribution in [3.05, 3.63) is 88.2 Å². The third kappa shape index (κ3) is 3.41. The molecule has 0 aliphatic heterocycles. The third-order valence-electron chi connectivity index (χ3n) is 4.21. The Labute approximate surface area is 161 Å². The van der Waals surface area contributed by atoms with E-state index in [1.807, 2.05) is 66.2 Å². The molecule has 0 radical (unpaired) electrons. The molecule has 0 saturated heterocycles. The number of nitrogens with zero attached hydrogens (tertiary/aromatic N) is 2. The molecule has 2 heterocycles. The Morgan fingerprint density at radius 3 is 2.65 bits per heavy atom. The number of imidazole rings is 1. The summed E-state index contributed by atoms with van der Waals surface area (Å²) in [7, 11) is 0. The second kappa shape index (κ2) is 7.02. The summed E-state index contributed by atoms with van der Waals surface area (Å²) in [6, 6.07) is 17.6. The Morgan fingerprint density at radius 1 is 1.00 bits per heavy atom. The third-order valence-corrected chi connectivity index (χ3v) is 4.95. The topological polar surface area (TPSA) is 26.5 Å². The lowest BCUT2D eigenvalue weighted by Gasteiger charge is -2.11. The number of aryl methyl sites for hydroxylation is 1. The van der Waals surface area contributed by atoms with Crippen LogP contribution in [0.5, 0.6) is 5.75 Å². The lowest BCUT2D eigenvalue weighted by molar-refractivity contribution is 0.304. The molecule has 0 aliphatic rings. The zero-order valence-electron chi connectivity index (χ0n) is 14.1. The van der Waals surface area contributed by atoms with E-state index in [1.54, 1.807) is 6.07 Å². The van der Waals surface area contributed by atoms with Crippen molar-refractivity contribution in [2.75, 3.05) is 0 Å². The fourth-order valence-electron chi connectivity index (χ4n) is 2.83. The van der Waals surface area contributed by atoms with Gasteiger partial charge in [0.2, 0.25) is 0 Å². The van der Waals surface area contributed by atoms with Crippen molar-refractivity contribution >= 4 is 28.8 Å². The molecular formula is C21H16Cl2N2O. The van der Waals surface area contributed by atoms with Gasteiger partial charge in [0.25, 0.3) is 0 Å². The van der Waals surface area contributed by atoms with Gasteiger partial charge < -0.3 is 9.14 Å². The molecule has 0 spiro atoms. The van der Waals surface area contributed by atoms with E-state index in [0.29, 0.717) is 16.7 Å². The summed E-state index contributed by atoms with van der Waals surface area (Å²) in [6.45, 7) is 2.47. The Balaban J connectivity index is 1.54. The first-order chi connectivity index (χ1) is 12.6. The van der Waals surface area contributed by atoms with Crippen LogP contribution in [0.4, 0.5) is 0 Å². The molecule has 0 fully saturated rings. The molecule has 0 aliphatic carbocycles. The van der Waals surface area contributed by atoms with Crippen LogP contribution in [0.25, 0.3) is 16.9 Å². The molecule has 0 bridgehead atoms. The van der Waals surface area contributed by atoms with E-state index < -0.39 is 0 Å². The van der Waals surface area contributed by atoms with Gasteiger partial charge in [-0.3, -0.25) is 0 Å². The van der Waals surface area contributed by atoms with Gasteiger partial charge in [-0.1, -0.05) is 35.3 Å². The van der Waals surface area contributed by atoms with Crippen molar-refractivity contribution in [3.8, 4) is 17.0 Å². The summed E-state index contributed by atoms with van der Waals surface area (Å²) in [6.07, 6.45) is 4.02. The smallest absolute Gasteiger partial charge is 0.137 e. The molecule has 0 saturated carbocycles. The van der Waals surface area contributed by atoms with E-state index in [-0.39, 0.29) is 0 Å². The maximum atomic E-state index is 6.05. The zero-order valence-corrected chi connectivity index (χ0v) is 15.6. The van der Waals surface area contributed by atoms with E-state index in [4.69, 9.17) is 27.9 Å². The summed E-state index contributed by atoms with van der Waals surface area (Å²) in [5.41, 5.74) is 4.96. The first-order valence-corrected chi connectivity index (χ1v) is 8.97. The Hall–Kier alpha value is -2.49. The number of halogens is 2. The average molecular weight is 383 g/mol. The highest BCUT2D eigenvalue weighted by molar-refractivity contribution is 6.42. The minimum absolute atomic E-state index is 0.436. The van der Waals surface area contributed by atoms with Gasteiger partial charge in [-0.15, -0.1) is 0 Å². The Kier molecular flexibility index (Phi) is 4.58. The monoisotopic (exact) mass is 382 g/mol. The number of pyridine rings is 1. The van der Waals surface area contributed by atoms with Gasteiger partial charge in [-0.25, -0.2) is 4.98 Å². The summed E-state index contributed by atoms with van der Waals surface area (Å²) in [5, 5.41) is 1.08. The zero-order chi connectivity index (χ0) is 18.1. The van der Waals surface area contributed by atoms with Gasteiger partial charge in [-0.2, -0.15) is 0 Å². The molecule has 0 N–H and O–H groups in total. The fraction of sp³-hybridized carbons (Fsp3) is 0.0952. The van der Waals surface area contributed by atoms with Crippen molar-refractivity contribution in [2.24, 2.45) is 0 Å². The van der Waals surface area contributed by atoms with E-state index >= 15 is 0 Å². The van der Waals surface area contributed by atoms with E-state index in [2.05, 4.69) is 11.1 Å². The summed E-state index contributed by atoms with van der Waals surface area (Å²) < 4.78 is 7.95. The minimum Gasteiger partial charge on any atom is -0.489 e. The van der Waals surface area contributed by atoms with Gasteiger partial charge >= 0.3 is 0 Å². The maximum absolute atomic E-state index is 6.05. The molecule has 2 aromatic heterocycles. The quantitative estimate of drug-likeness (QED) is 0.420. The maximum Gasteiger partial charge on any atom is 0.137 e. The largest absolute Gasteiger partial charge is 0.489 e. The molecule has 0 amide bonds. The van der Waals surface area contributed by atoms with Crippen LogP contribution in [-0.4, -0.2) is 9.38 Å². The van der Waals surface area contributed by atoms with Crippen LogP contribution >= 0.6 is 23.2 Å². The highest BCUT2D eigenvalue weighted by Crippen LogP contribution is 2.28. The van der Waals surface area contributed by atoms with E-state index in [1.165, 1.54) is 0 Å². The summed E-state index contributed by atoms with van der Waals surface area (Å²) >= 11 is 12.0. The number of ether oxygens (including phenoxy) is 1. The van der Waals surface area contributed by atoms with Crippen molar-refractivity contribution in [2.45, 2.75) is 13.5 Å². The van der Waals surface area contributed by atoms with Crippen molar-refractivity contribution in [3.63, 3.8) is 0 Å². The number of aromatic nitrogens is 2. The van der Waals surface area contributed by atoms with Crippen molar-refractivity contribution < 1.29 is 4.74 Å². The molecular weight excluding hydrogens is 367 g/mol. The average Bonchev–Trinajstić information content (AvgIpc) is 3.07. The Morgan fingerprint density at radius 2 is 1.88 bits per heavy atom. The lowest BCUT2D eigenvalue weighted by atomic mass is 10.1. The fourth-order valence-corrected chi connectivity index (χ4v) is 3.16. The first kappa shape index (κ1) is 17.0. The van der Waals surface area contributed by atoms with Crippen molar-refractivity contribution in [1.29, 1.82) is 0 Å². The predicted molar refractivity (Wildman–Crippen MR) is 106 cm³/mol. The lowest BCUT2D eigenvalue weighted by Crippen LogP contribution is -1.97. The minimum atomic E-state index is 0.436. The van der Waals surface area contributed by atoms with Crippen LogP contribution in [-0.2, 0) is 6.61 Å². The standard InChI is InChI=1S/C21H16Cl2N2O/c1-14-10-16(19-12-25-9-3-2-4-21(25)24-19)6-8-20(14)26-13-15-5-7-17(22)18(23)11-15/h2-12H,13H2,1H3. The van der Waals surface area contributed by atoms with Crippen LogP contribution < -0.4 is 4.74 Å².